The van der Waals surface area contributed by atoms with Crippen LogP contribution in [0.15, 0.2) is 0 Å². The molecule has 0 aliphatic heterocycles. The van der Waals surface area contributed by atoms with E-state index in [9.17, 15) is 4.79 Å². The molecule has 0 saturated heterocycles. The third-order valence-corrected chi connectivity index (χ3v) is 3.32. The molecule has 0 radical (unpaired) electrons. The number of aromatic nitrogens is 2. The monoisotopic (exact) mass is 236 g/mol. The van der Waals surface area contributed by atoms with E-state index in [1.54, 1.807) is 11.7 Å². The molecular weight excluding hydrogens is 216 g/mol. The van der Waals surface area contributed by atoms with Gasteiger partial charge in [0.2, 0.25) is 0 Å². The molecule has 5 heteroatoms. The summed E-state index contributed by atoms with van der Waals surface area (Å²) in [7, 11) is 1.77. The largest absolute Gasteiger partial charge is 0.395 e. The van der Waals surface area contributed by atoms with Gasteiger partial charge in [-0.05, 0) is 32.6 Å². The summed E-state index contributed by atoms with van der Waals surface area (Å²) in [5.41, 5.74) is 7.66. The third kappa shape index (κ3) is 2.28. The van der Waals surface area contributed by atoms with Gasteiger partial charge in [-0.3, -0.25) is 9.48 Å². The normalized spacial score (nSPS) is 15.0. The Morgan fingerprint density at radius 3 is 2.65 bits per heavy atom. The molecule has 5 nitrogen and oxygen atoms in total. The quantitative estimate of drug-likeness (QED) is 0.854. The van der Waals surface area contributed by atoms with Crippen molar-refractivity contribution < 1.29 is 4.79 Å². The molecule has 1 heterocycles. The van der Waals surface area contributed by atoms with Gasteiger partial charge < -0.3 is 10.6 Å². The molecule has 1 saturated carbocycles. The van der Waals surface area contributed by atoms with Gasteiger partial charge in [0.15, 0.2) is 0 Å². The lowest BCUT2D eigenvalue weighted by Crippen LogP contribution is -2.34. The van der Waals surface area contributed by atoms with Gasteiger partial charge in [-0.2, -0.15) is 5.10 Å². The summed E-state index contributed by atoms with van der Waals surface area (Å²) in [6.45, 7) is 5.39. The second-order valence-electron chi connectivity index (χ2n) is 4.76. The van der Waals surface area contributed by atoms with Gasteiger partial charge in [-0.25, -0.2) is 0 Å². The van der Waals surface area contributed by atoms with Crippen molar-refractivity contribution in [1.82, 2.24) is 14.7 Å². The van der Waals surface area contributed by atoms with Crippen LogP contribution in [0.1, 0.15) is 35.9 Å². The zero-order chi connectivity index (χ0) is 12.6. The summed E-state index contributed by atoms with van der Waals surface area (Å²) in [5, 5.41) is 4.19. The van der Waals surface area contributed by atoms with Crippen LogP contribution < -0.4 is 5.73 Å². The van der Waals surface area contributed by atoms with E-state index in [0.717, 1.165) is 18.8 Å². The van der Waals surface area contributed by atoms with Crippen molar-refractivity contribution in [3.8, 4) is 0 Å². The fourth-order valence-electron chi connectivity index (χ4n) is 2.05. The molecule has 1 fully saturated rings. The maximum Gasteiger partial charge on any atom is 0.274 e. The van der Waals surface area contributed by atoms with Gasteiger partial charge in [0.05, 0.1) is 11.4 Å². The summed E-state index contributed by atoms with van der Waals surface area (Å²) in [4.78, 5) is 14.2. The molecule has 94 valence electrons. The molecule has 0 bridgehead atoms. The Morgan fingerprint density at radius 2 is 2.24 bits per heavy atom. The van der Waals surface area contributed by atoms with Crippen LogP contribution in [0.3, 0.4) is 0 Å². The Hall–Kier alpha value is -1.52. The lowest BCUT2D eigenvalue weighted by atomic mass is 10.2. The SMILES string of the molecule is CCN(CC1CC1)C(=O)c1c(N)c(C)nn1C. The molecule has 0 spiro atoms. The van der Waals surface area contributed by atoms with Crippen LogP contribution in [0.2, 0.25) is 0 Å². The minimum absolute atomic E-state index is 0.000000000000000444. The first-order valence-electron chi connectivity index (χ1n) is 6.13. The van der Waals surface area contributed by atoms with Crippen molar-refractivity contribution in [2.45, 2.75) is 26.7 Å². The predicted molar refractivity (Wildman–Crippen MR) is 66.7 cm³/mol. The fourth-order valence-corrected chi connectivity index (χ4v) is 2.05. The van der Waals surface area contributed by atoms with Crippen molar-refractivity contribution in [1.29, 1.82) is 0 Å². The summed E-state index contributed by atoms with van der Waals surface area (Å²) in [6.07, 6.45) is 2.48. The Balaban J connectivity index is 2.21. The van der Waals surface area contributed by atoms with Crippen LogP contribution in [0.5, 0.6) is 0 Å². The van der Waals surface area contributed by atoms with E-state index in [2.05, 4.69) is 5.10 Å². The molecule has 2 rings (SSSR count). The Kier molecular flexibility index (Phi) is 3.09. The van der Waals surface area contributed by atoms with Crippen molar-refractivity contribution in [3.05, 3.63) is 11.4 Å². The first kappa shape index (κ1) is 12.0. The lowest BCUT2D eigenvalue weighted by molar-refractivity contribution is 0.0747. The standard InChI is InChI=1S/C12H20N4O/c1-4-16(7-9-5-6-9)12(17)11-10(13)8(2)14-15(11)3/h9H,4-7,13H2,1-3H3. The highest BCUT2D eigenvalue weighted by molar-refractivity contribution is 5.98. The molecule has 1 aromatic rings. The second kappa shape index (κ2) is 4.39. The van der Waals surface area contributed by atoms with Crippen LogP contribution in [-0.2, 0) is 7.05 Å². The van der Waals surface area contributed by atoms with Crippen molar-refractivity contribution in [3.63, 3.8) is 0 Å². The van der Waals surface area contributed by atoms with E-state index >= 15 is 0 Å². The van der Waals surface area contributed by atoms with Crippen LogP contribution >= 0.6 is 0 Å². The van der Waals surface area contributed by atoms with Gasteiger partial charge in [0.1, 0.15) is 5.69 Å². The molecule has 0 aromatic carbocycles. The highest BCUT2D eigenvalue weighted by Crippen LogP contribution is 2.30. The second-order valence-corrected chi connectivity index (χ2v) is 4.76. The van der Waals surface area contributed by atoms with Crippen LogP contribution in [0.4, 0.5) is 5.69 Å². The Morgan fingerprint density at radius 1 is 1.59 bits per heavy atom. The van der Waals surface area contributed by atoms with E-state index in [1.165, 1.54) is 12.8 Å². The van der Waals surface area contributed by atoms with Crippen LogP contribution in [-0.4, -0.2) is 33.7 Å². The van der Waals surface area contributed by atoms with Crippen LogP contribution in [0, 0.1) is 12.8 Å². The van der Waals surface area contributed by atoms with Crippen molar-refractivity contribution >= 4 is 11.6 Å². The smallest absolute Gasteiger partial charge is 0.274 e. The Bertz CT molecular complexity index is 434. The fraction of sp³-hybridized carbons (Fsp3) is 0.667. The first-order chi connectivity index (χ1) is 8.04. The minimum atomic E-state index is 0.000000000000000444. The zero-order valence-electron chi connectivity index (χ0n) is 10.7. The number of hydrogen-bond acceptors (Lipinski definition) is 3. The number of amides is 1. The van der Waals surface area contributed by atoms with Crippen LogP contribution in [0.25, 0.3) is 0 Å². The molecule has 1 aliphatic rings. The molecular formula is C12H20N4O. The number of aryl methyl sites for hydroxylation is 2. The molecule has 17 heavy (non-hydrogen) atoms. The molecule has 1 aromatic heterocycles. The molecule has 0 unspecified atom stereocenters. The van der Waals surface area contributed by atoms with Gasteiger partial charge in [-0.15, -0.1) is 0 Å². The number of carbonyl (C=O) groups excluding carboxylic acids is 1. The van der Waals surface area contributed by atoms with Gasteiger partial charge in [0.25, 0.3) is 5.91 Å². The topological polar surface area (TPSA) is 64.2 Å². The van der Waals surface area contributed by atoms with E-state index in [4.69, 9.17) is 5.73 Å². The van der Waals surface area contributed by atoms with E-state index < -0.39 is 0 Å². The Labute approximate surface area is 102 Å². The number of nitrogens with zero attached hydrogens (tertiary/aromatic N) is 3. The third-order valence-electron chi connectivity index (χ3n) is 3.32. The minimum Gasteiger partial charge on any atom is -0.395 e. The van der Waals surface area contributed by atoms with Gasteiger partial charge >= 0.3 is 0 Å². The highest BCUT2D eigenvalue weighted by atomic mass is 16.2. The number of carbonyl (C=O) groups is 1. The molecule has 1 aliphatic carbocycles. The summed E-state index contributed by atoms with van der Waals surface area (Å²) < 4.78 is 1.59. The average molecular weight is 236 g/mol. The van der Waals surface area contributed by atoms with E-state index in [0.29, 0.717) is 17.3 Å². The van der Waals surface area contributed by atoms with Gasteiger partial charge in [-0.1, -0.05) is 0 Å². The van der Waals surface area contributed by atoms with E-state index in [-0.39, 0.29) is 5.91 Å². The van der Waals surface area contributed by atoms with Crippen molar-refractivity contribution in [2.24, 2.45) is 13.0 Å². The predicted octanol–water partition coefficient (Wildman–Crippen LogP) is 1.18. The number of nitrogen functional groups attached to an aromatic ring is 1. The number of nitrogens with two attached hydrogens (primary N) is 1. The van der Waals surface area contributed by atoms with Crippen molar-refractivity contribution in [2.75, 3.05) is 18.8 Å². The first-order valence-corrected chi connectivity index (χ1v) is 6.13. The number of hydrogen-bond donors (Lipinski definition) is 1. The highest BCUT2D eigenvalue weighted by Gasteiger charge is 2.29. The number of anilines is 1. The molecule has 2 N–H and O–H groups in total. The van der Waals surface area contributed by atoms with Gasteiger partial charge in [0, 0.05) is 20.1 Å². The average Bonchev–Trinajstić information content (AvgIpc) is 3.05. The summed E-state index contributed by atoms with van der Waals surface area (Å²) >= 11 is 0. The van der Waals surface area contributed by atoms with E-state index in [1.807, 2.05) is 18.7 Å². The summed E-state index contributed by atoms with van der Waals surface area (Å²) in [6, 6.07) is 0. The maximum atomic E-state index is 12.4. The molecule has 0 atom stereocenters. The zero-order valence-corrected chi connectivity index (χ0v) is 10.7. The maximum absolute atomic E-state index is 12.4. The lowest BCUT2D eigenvalue weighted by Gasteiger charge is -2.20. The number of rotatable bonds is 4. The summed E-state index contributed by atoms with van der Waals surface area (Å²) in [5.74, 6) is 0.689. The molecule has 1 amide bonds.